The zero-order valence-corrected chi connectivity index (χ0v) is 13.1. The number of H-pyrrole nitrogens is 1. The first-order valence-electron chi connectivity index (χ1n) is 6.60. The maximum absolute atomic E-state index is 12.0. The molecule has 2 aromatic rings. The van der Waals surface area contributed by atoms with Crippen molar-refractivity contribution in [3.8, 4) is 5.75 Å². The van der Waals surface area contributed by atoms with Gasteiger partial charge in [0.25, 0.3) is 5.56 Å². The first-order chi connectivity index (χ1) is 11.0. The number of ether oxygens (including phenoxy) is 1. The molecule has 0 atom stereocenters. The van der Waals surface area contributed by atoms with E-state index >= 15 is 0 Å². The third-order valence-corrected chi connectivity index (χ3v) is 3.73. The molecule has 0 aliphatic heterocycles. The topological polar surface area (TPSA) is 109 Å². The summed E-state index contributed by atoms with van der Waals surface area (Å²) in [6.07, 6.45) is -0.111. The molecule has 0 radical (unpaired) electrons. The van der Waals surface area contributed by atoms with Crippen molar-refractivity contribution in [2.45, 2.75) is 11.6 Å². The highest BCUT2D eigenvalue weighted by Crippen LogP contribution is 2.16. The van der Waals surface area contributed by atoms with Crippen molar-refractivity contribution in [3.63, 3.8) is 0 Å². The highest BCUT2D eigenvalue weighted by molar-refractivity contribution is 7.99. The Bertz CT molecular complexity index is 770. The van der Waals surface area contributed by atoms with Crippen LogP contribution in [0.5, 0.6) is 5.75 Å². The third-order valence-electron chi connectivity index (χ3n) is 2.86. The van der Waals surface area contributed by atoms with E-state index in [1.165, 1.54) is 37.4 Å². The van der Waals surface area contributed by atoms with Crippen LogP contribution >= 0.6 is 11.8 Å². The second-order valence-corrected chi connectivity index (χ2v) is 5.52. The SMILES string of the molecule is COC(=O)Cc1cc(=O)[nH]c(SCC(=O)c2ccc(O)cc2)n1. The molecule has 120 valence electrons. The summed E-state index contributed by atoms with van der Waals surface area (Å²) in [5.74, 6) is -0.527. The Labute approximate surface area is 135 Å². The first-order valence-corrected chi connectivity index (χ1v) is 7.58. The van der Waals surface area contributed by atoms with E-state index in [0.29, 0.717) is 5.56 Å². The molecule has 0 unspecified atom stereocenters. The largest absolute Gasteiger partial charge is 0.508 e. The molecule has 0 amide bonds. The van der Waals surface area contributed by atoms with Crippen molar-refractivity contribution in [3.05, 3.63) is 51.9 Å². The fourth-order valence-electron chi connectivity index (χ4n) is 1.73. The highest BCUT2D eigenvalue weighted by Gasteiger charge is 2.11. The van der Waals surface area contributed by atoms with Crippen LogP contribution in [0.1, 0.15) is 16.1 Å². The summed E-state index contributed by atoms with van der Waals surface area (Å²) in [7, 11) is 1.25. The number of rotatable bonds is 6. The monoisotopic (exact) mass is 334 g/mol. The Morgan fingerprint density at radius 1 is 1.30 bits per heavy atom. The lowest BCUT2D eigenvalue weighted by atomic mass is 10.1. The molecular weight excluding hydrogens is 320 g/mol. The van der Waals surface area contributed by atoms with Gasteiger partial charge in [0.2, 0.25) is 0 Å². The van der Waals surface area contributed by atoms with Crippen LogP contribution in [0.3, 0.4) is 0 Å². The number of carbonyl (C=O) groups is 2. The van der Waals surface area contributed by atoms with Crippen molar-refractivity contribution < 1.29 is 19.4 Å². The fourth-order valence-corrected chi connectivity index (χ4v) is 2.52. The normalized spacial score (nSPS) is 10.3. The van der Waals surface area contributed by atoms with Gasteiger partial charge in [0, 0.05) is 11.6 Å². The van der Waals surface area contributed by atoms with Gasteiger partial charge in [0.15, 0.2) is 10.9 Å². The number of benzene rings is 1. The number of phenols is 1. The number of phenolic OH excluding ortho intramolecular Hbond substituents is 1. The van der Waals surface area contributed by atoms with E-state index in [2.05, 4.69) is 14.7 Å². The van der Waals surface area contributed by atoms with Gasteiger partial charge < -0.3 is 14.8 Å². The lowest BCUT2D eigenvalue weighted by Gasteiger charge is -2.04. The maximum Gasteiger partial charge on any atom is 0.311 e. The quantitative estimate of drug-likeness (QED) is 0.353. The predicted molar refractivity (Wildman–Crippen MR) is 83.7 cm³/mol. The minimum Gasteiger partial charge on any atom is -0.508 e. The summed E-state index contributed by atoms with van der Waals surface area (Å²) in [4.78, 5) is 41.4. The van der Waals surface area contributed by atoms with E-state index in [4.69, 9.17) is 0 Å². The van der Waals surface area contributed by atoms with Crippen LogP contribution in [0.15, 0.2) is 40.3 Å². The van der Waals surface area contributed by atoms with Crippen molar-refractivity contribution >= 4 is 23.5 Å². The Hall–Kier alpha value is -2.61. The molecule has 8 heteroatoms. The number of nitrogens with one attached hydrogen (secondary N) is 1. The number of hydrogen-bond acceptors (Lipinski definition) is 7. The number of esters is 1. The number of methoxy groups -OCH3 is 1. The van der Waals surface area contributed by atoms with E-state index < -0.39 is 11.5 Å². The minimum atomic E-state index is -0.501. The number of carbonyl (C=O) groups excluding carboxylic acids is 2. The van der Waals surface area contributed by atoms with E-state index in [9.17, 15) is 19.5 Å². The minimum absolute atomic E-state index is 0.0649. The van der Waals surface area contributed by atoms with Gasteiger partial charge in [-0.05, 0) is 24.3 Å². The Balaban J connectivity index is 2.05. The number of Topliss-reactive ketones (excluding diaryl/α,β-unsaturated/α-hetero) is 1. The summed E-state index contributed by atoms with van der Waals surface area (Å²) < 4.78 is 4.53. The number of nitrogens with zero attached hydrogens (tertiary/aromatic N) is 1. The molecule has 2 N–H and O–H groups in total. The molecule has 0 saturated carbocycles. The van der Waals surface area contributed by atoms with Crippen LogP contribution in [0, 0.1) is 0 Å². The van der Waals surface area contributed by atoms with Crippen LogP contribution in [-0.4, -0.2) is 39.7 Å². The molecule has 23 heavy (non-hydrogen) atoms. The Morgan fingerprint density at radius 3 is 2.65 bits per heavy atom. The van der Waals surface area contributed by atoms with E-state index in [1.807, 2.05) is 0 Å². The van der Waals surface area contributed by atoms with Gasteiger partial charge >= 0.3 is 5.97 Å². The number of ketones is 1. The average molecular weight is 334 g/mol. The molecule has 0 spiro atoms. The van der Waals surface area contributed by atoms with Gasteiger partial charge in [-0.1, -0.05) is 11.8 Å². The third kappa shape index (κ3) is 4.96. The molecular formula is C15H14N2O5S. The highest BCUT2D eigenvalue weighted by atomic mass is 32.2. The summed E-state index contributed by atoms with van der Waals surface area (Å²) in [6, 6.07) is 7.09. The molecule has 7 nitrogen and oxygen atoms in total. The van der Waals surface area contributed by atoms with Gasteiger partial charge in [-0.15, -0.1) is 0 Å². The lowest BCUT2D eigenvalue weighted by molar-refractivity contribution is -0.139. The molecule has 0 fully saturated rings. The number of thioether (sulfide) groups is 1. The van der Waals surface area contributed by atoms with Gasteiger partial charge in [0.1, 0.15) is 5.75 Å². The molecule has 1 aromatic carbocycles. The van der Waals surface area contributed by atoms with Gasteiger partial charge in [-0.3, -0.25) is 14.4 Å². The standard InChI is InChI=1S/C15H14N2O5S/c1-22-14(21)7-10-6-13(20)17-15(16-10)23-8-12(19)9-2-4-11(18)5-3-9/h2-6,18H,7-8H2,1H3,(H,16,17,20). The van der Waals surface area contributed by atoms with Crippen LogP contribution in [0.2, 0.25) is 0 Å². The number of hydrogen-bond donors (Lipinski definition) is 2. The predicted octanol–water partition coefficient (Wildman–Crippen LogP) is 1.17. The first kappa shape index (κ1) is 16.8. The Kier molecular flexibility index (Phi) is 5.53. The van der Waals surface area contributed by atoms with Crippen molar-refractivity contribution in [2.75, 3.05) is 12.9 Å². The summed E-state index contributed by atoms with van der Waals surface area (Å²) in [6.45, 7) is 0. The van der Waals surface area contributed by atoms with E-state index in [0.717, 1.165) is 11.8 Å². The van der Waals surface area contributed by atoms with Gasteiger partial charge in [-0.25, -0.2) is 4.98 Å². The zero-order chi connectivity index (χ0) is 16.8. The molecule has 0 aliphatic rings. The van der Waals surface area contributed by atoms with Crippen LogP contribution < -0.4 is 5.56 Å². The van der Waals surface area contributed by atoms with Crippen molar-refractivity contribution in [1.82, 2.24) is 9.97 Å². The van der Waals surface area contributed by atoms with Crippen molar-refractivity contribution in [2.24, 2.45) is 0 Å². The smallest absolute Gasteiger partial charge is 0.311 e. The molecule has 0 bridgehead atoms. The van der Waals surface area contributed by atoms with Crippen LogP contribution in [-0.2, 0) is 16.0 Å². The molecule has 1 aromatic heterocycles. The molecule has 0 saturated heterocycles. The fraction of sp³-hybridized carbons (Fsp3) is 0.200. The number of aromatic hydroxyl groups is 1. The zero-order valence-electron chi connectivity index (χ0n) is 12.2. The molecule has 2 rings (SSSR count). The second kappa shape index (κ2) is 7.59. The molecule has 1 heterocycles. The van der Waals surface area contributed by atoms with E-state index in [1.54, 1.807) is 0 Å². The average Bonchev–Trinajstić information content (AvgIpc) is 2.52. The van der Waals surface area contributed by atoms with Gasteiger partial charge in [0.05, 0.1) is 25.0 Å². The van der Waals surface area contributed by atoms with Gasteiger partial charge in [-0.2, -0.15) is 0 Å². The van der Waals surface area contributed by atoms with Crippen LogP contribution in [0.4, 0.5) is 0 Å². The van der Waals surface area contributed by atoms with E-state index in [-0.39, 0.29) is 34.6 Å². The maximum atomic E-state index is 12.0. The Morgan fingerprint density at radius 2 is 2.00 bits per heavy atom. The number of aromatic nitrogens is 2. The second-order valence-electron chi connectivity index (χ2n) is 4.55. The summed E-state index contributed by atoms with van der Waals surface area (Å²) >= 11 is 1.06. The number of aromatic amines is 1. The van der Waals surface area contributed by atoms with Crippen molar-refractivity contribution in [1.29, 1.82) is 0 Å². The summed E-state index contributed by atoms with van der Waals surface area (Å²) in [5.41, 5.74) is 0.321. The molecule has 0 aliphatic carbocycles. The van der Waals surface area contributed by atoms with Crippen LogP contribution in [0.25, 0.3) is 0 Å². The summed E-state index contributed by atoms with van der Waals surface area (Å²) in [5, 5.41) is 9.45. The lowest BCUT2D eigenvalue weighted by Crippen LogP contribution is -2.14.